The molecule has 4 heteroatoms. The van der Waals surface area contributed by atoms with Crippen LogP contribution in [0.3, 0.4) is 0 Å². The SMILES string of the molecule is COC1=NCCCC(c2cc(C(=O)C(C)C3CCC(c4ccc(C#N)cc4)C3)c(C)cc2C)=C1C. The van der Waals surface area contributed by atoms with E-state index in [1.165, 1.54) is 16.7 Å². The molecule has 1 heterocycles. The Kier molecular flexibility index (Phi) is 7.55. The Morgan fingerprint density at radius 2 is 1.86 bits per heavy atom. The van der Waals surface area contributed by atoms with Gasteiger partial charge in [0.15, 0.2) is 5.78 Å². The van der Waals surface area contributed by atoms with Gasteiger partial charge in [-0.2, -0.15) is 5.26 Å². The molecule has 0 bridgehead atoms. The third kappa shape index (κ3) is 5.10. The van der Waals surface area contributed by atoms with E-state index in [4.69, 9.17) is 10.00 Å². The van der Waals surface area contributed by atoms with Crippen molar-refractivity contribution in [3.63, 3.8) is 0 Å². The third-order valence-electron chi connectivity index (χ3n) is 8.07. The van der Waals surface area contributed by atoms with Crippen LogP contribution >= 0.6 is 0 Å². The van der Waals surface area contributed by atoms with Gasteiger partial charge in [-0.1, -0.05) is 25.1 Å². The van der Waals surface area contributed by atoms with Gasteiger partial charge in [0.1, 0.15) is 0 Å². The Bertz CT molecular complexity index is 1210. The molecule has 0 saturated heterocycles. The topological polar surface area (TPSA) is 62.4 Å². The summed E-state index contributed by atoms with van der Waals surface area (Å²) in [5, 5.41) is 9.07. The zero-order chi connectivity index (χ0) is 25.1. The fourth-order valence-corrected chi connectivity index (χ4v) is 5.93. The van der Waals surface area contributed by atoms with Crippen molar-refractivity contribution in [2.24, 2.45) is 16.8 Å². The minimum absolute atomic E-state index is 0.0204. The molecular weight excluding hydrogens is 432 g/mol. The summed E-state index contributed by atoms with van der Waals surface area (Å²) in [6.07, 6.45) is 5.09. The molecule has 0 N–H and O–H groups in total. The van der Waals surface area contributed by atoms with Gasteiger partial charge in [0, 0.05) is 23.6 Å². The van der Waals surface area contributed by atoms with Crippen LogP contribution in [0.15, 0.2) is 47.0 Å². The molecule has 0 aromatic heterocycles. The molecule has 0 amide bonds. The number of ether oxygens (including phenoxy) is 1. The van der Waals surface area contributed by atoms with Crippen molar-refractivity contribution in [1.82, 2.24) is 0 Å². The van der Waals surface area contributed by atoms with Gasteiger partial charge in [-0.3, -0.25) is 9.79 Å². The van der Waals surface area contributed by atoms with Gasteiger partial charge in [0.2, 0.25) is 5.90 Å². The van der Waals surface area contributed by atoms with Crippen LogP contribution in [0.1, 0.15) is 90.0 Å². The number of ketones is 1. The number of hydrogen-bond donors (Lipinski definition) is 0. The highest BCUT2D eigenvalue weighted by molar-refractivity contribution is 6.03. The van der Waals surface area contributed by atoms with Crippen LogP contribution in [0.4, 0.5) is 0 Å². The van der Waals surface area contributed by atoms with Crippen molar-refractivity contribution in [3.05, 3.63) is 75.4 Å². The maximum absolute atomic E-state index is 13.8. The Hall–Kier alpha value is -3.19. The maximum atomic E-state index is 13.8. The summed E-state index contributed by atoms with van der Waals surface area (Å²) in [4.78, 5) is 18.4. The van der Waals surface area contributed by atoms with E-state index in [1.54, 1.807) is 7.11 Å². The molecular formula is C31H36N2O2. The van der Waals surface area contributed by atoms with E-state index < -0.39 is 0 Å². The van der Waals surface area contributed by atoms with Crippen molar-refractivity contribution < 1.29 is 9.53 Å². The van der Waals surface area contributed by atoms with E-state index in [2.05, 4.69) is 63.0 Å². The first-order valence-electron chi connectivity index (χ1n) is 12.8. The number of carbonyl (C=O) groups is 1. The summed E-state index contributed by atoms with van der Waals surface area (Å²) < 4.78 is 5.55. The van der Waals surface area contributed by atoms with E-state index in [1.807, 2.05) is 12.1 Å². The average Bonchev–Trinajstić information content (AvgIpc) is 3.28. The Morgan fingerprint density at radius 1 is 1.11 bits per heavy atom. The standard InChI is InChI=1S/C31H36N2O2/c1-19-15-20(2)29(17-28(19)27-7-6-14-33-31(35-5)22(27)4)30(34)21(3)25-12-13-26(16-25)24-10-8-23(18-32)9-11-24/h8-11,15,17,21,25-26H,6-7,12-14,16H2,1-5H3. The predicted octanol–water partition coefficient (Wildman–Crippen LogP) is 7.19. The molecule has 0 radical (unpaired) electrons. The van der Waals surface area contributed by atoms with Crippen LogP contribution in [0.5, 0.6) is 0 Å². The predicted molar refractivity (Wildman–Crippen MR) is 142 cm³/mol. The van der Waals surface area contributed by atoms with Crippen molar-refractivity contribution >= 4 is 17.3 Å². The van der Waals surface area contributed by atoms with Crippen LogP contribution < -0.4 is 0 Å². The molecule has 1 saturated carbocycles. The number of carbonyl (C=O) groups excluding carboxylic acids is 1. The van der Waals surface area contributed by atoms with Gasteiger partial charge in [0.25, 0.3) is 0 Å². The van der Waals surface area contributed by atoms with Gasteiger partial charge >= 0.3 is 0 Å². The summed E-state index contributed by atoms with van der Waals surface area (Å²) in [6, 6.07) is 14.4. The minimum Gasteiger partial charge on any atom is -0.481 e. The molecule has 1 aliphatic heterocycles. The van der Waals surface area contributed by atoms with Gasteiger partial charge in [-0.15, -0.1) is 0 Å². The van der Waals surface area contributed by atoms with E-state index >= 15 is 0 Å². The number of Topliss-reactive ketones (excluding diaryl/α,β-unsaturated/α-hetero) is 1. The first kappa shape index (κ1) is 24.9. The minimum atomic E-state index is -0.0204. The van der Waals surface area contributed by atoms with Crippen LogP contribution in [0, 0.1) is 37.0 Å². The van der Waals surface area contributed by atoms with Gasteiger partial charge < -0.3 is 4.74 Å². The van der Waals surface area contributed by atoms with Crippen LogP contribution in [-0.2, 0) is 4.74 Å². The molecule has 2 aromatic carbocycles. The molecule has 4 nitrogen and oxygen atoms in total. The van der Waals surface area contributed by atoms with Crippen LogP contribution in [0.2, 0.25) is 0 Å². The number of hydrogen-bond acceptors (Lipinski definition) is 4. The Labute approximate surface area is 209 Å². The van der Waals surface area contributed by atoms with Gasteiger partial charge in [0.05, 0.1) is 18.7 Å². The quantitative estimate of drug-likeness (QED) is 0.436. The molecule has 4 rings (SSSR count). The summed E-state index contributed by atoms with van der Waals surface area (Å²) in [6.45, 7) is 9.14. The summed E-state index contributed by atoms with van der Waals surface area (Å²) in [5.41, 5.74) is 8.54. The maximum Gasteiger partial charge on any atom is 0.211 e. The number of nitriles is 1. The number of allylic oxidation sites excluding steroid dienone is 1. The lowest BCUT2D eigenvalue weighted by Gasteiger charge is -2.21. The first-order valence-corrected chi connectivity index (χ1v) is 12.8. The molecule has 1 aliphatic carbocycles. The van der Waals surface area contributed by atoms with Crippen LogP contribution in [-0.4, -0.2) is 25.3 Å². The van der Waals surface area contributed by atoms with E-state index in [0.717, 1.165) is 60.9 Å². The largest absolute Gasteiger partial charge is 0.481 e. The van der Waals surface area contributed by atoms with Gasteiger partial charge in [-0.05, 0) is 111 Å². The Balaban J connectivity index is 1.57. The molecule has 1 fully saturated rings. The number of nitrogens with zero attached hydrogens (tertiary/aromatic N) is 2. The summed E-state index contributed by atoms with van der Waals surface area (Å²) >= 11 is 0. The molecule has 35 heavy (non-hydrogen) atoms. The highest BCUT2D eigenvalue weighted by Crippen LogP contribution is 2.43. The third-order valence-corrected chi connectivity index (χ3v) is 8.07. The second-order valence-corrected chi connectivity index (χ2v) is 10.2. The Morgan fingerprint density at radius 3 is 2.54 bits per heavy atom. The van der Waals surface area contributed by atoms with E-state index in [9.17, 15) is 4.79 Å². The number of methoxy groups -OCH3 is 1. The molecule has 2 aromatic rings. The van der Waals surface area contributed by atoms with Crippen molar-refractivity contribution in [2.75, 3.05) is 13.7 Å². The summed E-state index contributed by atoms with van der Waals surface area (Å²) in [5.74, 6) is 1.77. The monoisotopic (exact) mass is 468 g/mol. The highest BCUT2D eigenvalue weighted by atomic mass is 16.5. The summed E-state index contributed by atoms with van der Waals surface area (Å²) in [7, 11) is 1.68. The lowest BCUT2D eigenvalue weighted by Crippen LogP contribution is -2.21. The number of rotatable bonds is 5. The zero-order valence-corrected chi connectivity index (χ0v) is 21.6. The molecule has 182 valence electrons. The lowest BCUT2D eigenvalue weighted by molar-refractivity contribution is 0.0887. The van der Waals surface area contributed by atoms with Crippen molar-refractivity contribution in [3.8, 4) is 6.07 Å². The first-order chi connectivity index (χ1) is 16.8. The fraction of sp³-hybridized carbons (Fsp3) is 0.452. The molecule has 3 atom stereocenters. The zero-order valence-electron chi connectivity index (χ0n) is 21.6. The van der Waals surface area contributed by atoms with E-state index in [-0.39, 0.29) is 11.7 Å². The molecule has 0 spiro atoms. The average molecular weight is 469 g/mol. The lowest BCUT2D eigenvalue weighted by atomic mass is 9.82. The highest BCUT2D eigenvalue weighted by Gasteiger charge is 2.34. The second kappa shape index (κ2) is 10.6. The number of aryl methyl sites for hydroxylation is 2. The number of aliphatic imine (C=N–C) groups is 1. The normalized spacial score (nSPS) is 21.2. The van der Waals surface area contributed by atoms with Crippen molar-refractivity contribution in [2.45, 2.75) is 65.7 Å². The van der Waals surface area contributed by atoms with Crippen molar-refractivity contribution in [1.29, 1.82) is 5.26 Å². The number of benzene rings is 2. The van der Waals surface area contributed by atoms with Crippen LogP contribution in [0.25, 0.3) is 5.57 Å². The smallest absolute Gasteiger partial charge is 0.211 e. The molecule has 3 unspecified atom stereocenters. The molecule has 2 aliphatic rings. The van der Waals surface area contributed by atoms with Gasteiger partial charge in [-0.25, -0.2) is 0 Å². The second-order valence-electron chi connectivity index (χ2n) is 10.2. The van der Waals surface area contributed by atoms with E-state index in [0.29, 0.717) is 23.3 Å². The fourth-order valence-electron chi connectivity index (χ4n) is 5.93.